The average Bonchev–Trinajstić information content (AvgIpc) is 2.50. The molecule has 1 aromatic carbocycles. The Kier molecular flexibility index (Phi) is 8.51. The largest absolute Gasteiger partial charge is 0.496 e. The molecular weight excluding hydrogens is 266 g/mol. The van der Waals surface area contributed by atoms with E-state index in [9.17, 15) is 4.79 Å². The predicted molar refractivity (Wildman–Crippen MR) is 84.5 cm³/mol. The van der Waals surface area contributed by atoms with Crippen molar-refractivity contribution in [3.8, 4) is 5.75 Å². The van der Waals surface area contributed by atoms with Crippen molar-refractivity contribution in [1.29, 1.82) is 0 Å². The van der Waals surface area contributed by atoms with E-state index < -0.39 is 0 Å². The van der Waals surface area contributed by atoms with Crippen molar-refractivity contribution < 1.29 is 14.3 Å². The number of para-hydroxylation sites is 1. The van der Waals surface area contributed by atoms with Gasteiger partial charge in [-0.2, -0.15) is 0 Å². The number of carbonyl (C=O) groups is 1. The summed E-state index contributed by atoms with van der Waals surface area (Å²) in [5.74, 6) is 0.827. The molecule has 0 fully saturated rings. The van der Waals surface area contributed by atoms with E-state index in [-0.39, 0.29) is 12.0 Å². The zero-order valence-corrected chi connectivity index (χ0v) is 13.4. The summed E-state index contributed by atoms with van der Waals surface area (Å²) in [4.78, 5) is 11.2. The Morgan fingerprint density at radius 1 is 1.24 bits per heavy atom. The third kappa shape index (κ3) is 6.63. The fraction of sp³-hybridized carbons (Fsp3) is 0.588. The number of ether oxygens (including phenoxy) is 2. The standard InChI is InChI=1S/C17H27NO3/c1-4-21-17(19)12-6-5-9-13-18-14(2)15-10-7-8-11-16(15)20-3/h7-8,10-11,14,18H,4-6,9,12-13H2,1-3H3/t14-/m1/s1. The maximum Gasteiger partial charge on any atom is 0.305 e. The molecule has 0 saturated carbocycles. The zero-order valence-electron chi connectivity index (χ0n) is 13.4. The second-order valence-electron chi connectivity index (χ2n) is 5.03. The summed E-state index contributed by atoms with van der Waals surface area (Å²) in [5.41, 5.74) is 1.17. The number of unbranched alkanes of at least 4 members (excludes halogenated alkanes) is 2. The average molecular weight is 293 g/mol. The molecule has 1 rings (SSSR count). The van der Waals surface area contributed by atoms with Gasteiger partial charge in [0.15, 0.2) is 0 Å². The number of nitrogens with one attached hydrogen (secondary N) is 1. The molecule has 0 aliphatic rings. The summed E-state index contributed by atoms with van der Waals surface area (Å²) in [6, 6.07) is 8.32. The molecule has 0 saturated heterocycles. The highest BCUT2D eigenvalue weighted by Crippen LogP contribution is 2.24. The van der Waals surface area contributed by atoms with Crippen LogP contribution in [0, 0.1) is 0 Å². The van der Waals surface area contributed by atoms with E-state index in [1.165, 1.54) is 5.56 Å². The molecule has 1 atom stereocenters. The molecule has 0 radical (unpaired) electrons. The molecule has 118 valence electrons. The molecule has 1 aromatic rings. The van der Waals surface area contributed by atoms with Crippen LogP contribution in [-0.2, 0) is 9.53 Å². The van der Waals surface area contributed by atoms with Gasteiger partial charge in [-0.05, 0) is 39.3 Å². The Labute approximate surface area is 127 Å². The third-order valence-corrected chi connectivity index (χ3v) is 3.42. The van der Waals surface area contributed by atoms with Crippen LogP contribution in [0.25, 0.3) is 0 Å². The van der Waals surface area contributed by atoms with E-state index >= 15 is 0 Å². The van der Waals surface area contributed by atoms with Gasteiger partial charge in [0.1, 0.15) is 5.75 Å². The lowest BCUT2D eigenvalue weighted by Crippen LogP contribution is -2.20. The van der Waals surface area contributed by atoms with Crippen LogP contribution < -0.4 is 10.1 Å². The Hall–Kier alpha value is -1.55. The monoisotopic (exact) mass is 293 g/mol. The Balaban J connectivity index is 2.19. The van der Waals surface area contributed by atoms with E-state index in [0.29, 0.717) is 13.0 Å². The minimum Gasteiger partial charge on any atom is -0.496 e. The first-order chi connectivity index (χ1) is 10.2. The van der Waals surface area contributed by atoms with Gasteiger partial charge in [-0.25, -0.2) is 0 Å². The fourth-order valence-electron chi connectivity index (χ4n) is 2.26. The van der Waals surface area contributed by atoms with Crippen molar-refractivity contribution in [2.24, 2.45) is 0 Å². The van der Waals surface area contributed by atoms with Crippen molar-refractivity contribution in [2.75, 3.05) is 20.3 Å². The molecule has 0 aromatic heterocycles. The molecule has 0 aliphatic heterocycles. The van der Waals surface area contributed by atoms with Gasteiger partial charge in [-0.3, -0.25) is 4.79 Å². The van der Waals surface area contributed by atoms with Gasteiger partial charge in [0.2, 0.25) is 0 Å². The van der Waals surface area contributed by atoms with Gasteiger partial charge in [-0.15, -0.1) is 0 Å². The second kappa shape index (κ2) is 10.2. The molecule has 0 heterocycles. The number of esters is 1. The van der Waals surface area contributed by atoms with Crippen LogP contribution in [0.2, 0.25) is 0 Å². The van der Waals surface area contributed by atoms with Gasteiger partial charge < -0.3 is 14.8 Å². The van der Waals surface area contributed by atoms with E-state index in [1.807, 2.05) is 25.1 Å². The normalized spacial score (nSPS) is 12.0. The minimum absolute atomic E-state index is 0.0900. The molecule has 0 unspecified atom stereocenters. The maximum atomic E-state index is 11.2. The first kappa shape index (κ1) is 17.5. The molecule has 0 aliphatic carbocycles. The van der Waals surface area contributed by atoms with Crippen LogP contribution in [0.1, 0.15) is 51.1 Å². The number of hydrogen-bond donors (Lipinski definition) is 1. The summed E-state index contributed by atoms with van der Waals surface area (Å²) in [6.45, 7) is 5.37. The SMILES string of the molecule is CCOC(=O)CCCCCN[C@H](C)c1ccccc1OC. The number of rotatable bonds is 10. The van der Waals surface area contributed by atoms with E-state index in [0.717, 1.165) is 31.6 Å². The number of carbonyl (C=O) groups excluding carboxylic acids is 1. The molecular formula is C17H27NO3. The van der Waals surface area contributed by atoms with Crippen LogP contribution in [0.3, 0.4) is 0 Å². The summed E-state index contributed by atoms with van der Waals surface area (Å²) in [5, 5.41) is 3.49. The summed E-state index contributed by atoms with van der Waals surface area (Å²) in [7, 11) is 1.70. The highest BCUT2D eigenvalue weighted by Gasteiger charge is 2.09. The highest BCUT2D eigenvalue weighted by atomic mass is 16.5. The van der Waals surface area contributed by atoms with Crippen LogP contribution in [0.15, 0.2) is 24.3 Å². The predicted octanol–water partition coefficient (Wildman–Crippen LogP) is 3.47. The molecule has 1 N–H and O–H groups in total. The van der Waals surface area contributed by atoms with E-state index in [4.69, 9.17) is 9.47 Å². The van der Waals surface area contributed by atoms with Crippen molar-refractivity contribution in [2.45, 2.75) is 45.6 Å². The Bertz CT molecular complexity index is 420. The van der Waals surface area contributed by atoms with Gasteiger partial charge in [0.05, 0.1) is 13.7 Å². The molecule has 4 nitrogen and oxygen atoms in total. The Morgan fingerprint density at radius 2 is 2.00 bits per heavy atom. The van der Waals surface area contributed by atoms with Crippen molar-refractivity contribution in [1.82, 2.24) is 5.32 Å². The van der Waals surface area contributed by atoms with Crippen molar-refractivity contribution >= 4 is 5.97 Å². The van der Waals surface area contributed by atoms with Crippen LogP contribution in [0.4, 0.5) is 0 Å². The van der Waals surface area contributed by atoms with E-state index in [2.05, 4.69) is 18.3 Å². The second-order valence-corrected chi connectivity index (χ2v) is 5.03. The smallest absolute Gasteiger partial charge is 0.305 e. The topological polar surface area (TPSA) is 47.6 Å². The van der Waals surface area contributed by atoms with Crippen LogP contribution in [0.5, 0.6) is 5.75 Å². The third-order valence-electron chi connectivity index (χ3n) is 3.42. The molecule has 0 amide bonds. The number of methoxy groups -OCH3 is 1. The van der Waals surface area contributed by atoms with Gasteiger partial charge >= 0.3 is 5.97 Å². The Morgan fingerprint density at radius 3 is 2.71 bits per heavy atom. The van der Waals surface area contributed by atoms with Crippen molar-refractivity contribution in [3.05, 3.63) is 29.8 Å². The summed E-state index contributed by atoms with van der Waals surface area (Å²) in [6.07, 6.45) is 3.50. The van der Waals surface area contributed by atoms with Gasteiger partial charge in [0.25, 0.3) is 0 Å². The van der Waals surface area contributed by atoms with Crippen LogP contribution in [-0.4, -0.2) is 26.2 Å². The molecule has 21 heavy (non-hydrogen) atoms. The van der Waals surface area contributed by atoms with E-state index in [1.54, 1.807) is 7.11 Å². The highest BCUT2D eigenvalue weighted by molar-refractivity contribution is 5.69. The lowest BCUT2D eigenvalue weighted by molar-refractivity contribution is -0.143. The first-order valence-corrected chi connectivity index (χ1v) is 7.71. The van der Waals surface area contributed by atoms with Gasteiger partial charge in [0, 0.05) is 18.0 Å². The summed E-state index contributed by atoms with van der Waals surface area (Å²) >= 11 is 0. The minimum atomic E-state index is -0.0900. The maximum absolute atomic E-state index is 11.2. The van der Waals surface area contributed by atoms with Gasteiger partial charge in [-0.1, -0.05) is 24.6 Å². The molecule has 4 heteroatoms. The molecule has 0 bridgehead atoms. The molecule has 0 spiro atoms. The summed E-state index contributed by atoms with van der Waals surface area (Å²) < 4.78 is 10.3. The first-order valence-electron chi connectivity index (χ1n) is 7.71. The lowest BCUT2D eigenvalue weighted by atomic mass is 10.1. The number of benzene rings is 1. The zero-order chi connectivity index (χ0) is 15.5. The van der Waals surface area contributed by atoms with Crippen LogP contribution >= 0.6 is 0 Å². The fourth-order valence-corrected chi connectivity index (χ4v) is 2.26. The quantitative estimate of drug-likeness (QED) is 0.530. The lowest BCUT2D eigenvalue weighted by Gasteiger charge is -2.17. The number of hydrogen-bond acceptors (Lipinski definition) is 4. The van der Waals surface area contributed by atoms with Crippen molar-refractivity contribution in [3.63, 3.8) is 0 Å².